The van der Waals surface area contributed by atoms with Gasteiger partial charge in [-0.3, -0.25) is 0 Å². The van der Waals surface area contributed by atoms with Gasteiger partial charge in [-0.05, 0) is 68.3 Å². The van der Waals surface area contributed by atoms with Gasteiger partial charge >= 0.3 is 0 Å². The Balaban J connectivity index is 1.97. The third-order valence-corrected chi connectivity index (χ3v) is 5.94. The largest absolute Gasteiger partial charge is 0.507 e. The fraction of sp³-hybridized carbons (Fsp3) is 0.111. The fourth-order valence-corrected chi connectivity index (χ4v) is 4.37. The molecule has 2 heterocycles. The van der Waals surface area contributed by atoms with Gasteiger partial charge in [0.1, 0.15) is 17.3 Å². The highest BCUT2D eigenvalue weighted by molar-refractivity contribution is 6.03. The minimum atomic E-state index is -0.630. The number of aromatic nitrogens is 2. The molecule has 1 N–H and O–H groups in total. The van der Waals surface area contributed by atoms with Gasteiger partial charge in [0.2, 0.25) is 0 Å². The van der Waals surface area contributed by atoms with E-state index in [0.717, 1.165) is 39.0 Å². The molecule has 5 rings (SSSR count). The van der Waals surface area contributed by atoms with Crippen LogP contribution < -0.4 is 0 Å². The molecule has 0 bridgehead atoms. The summed E-state index contributed by atoms with van der Waals surface area (Å²) >= 11 is 0. The lowest BCUT2D eigenvalue weighted by atomic mass is 9.82. The Morgan fingerprint density at radius 2 is 1.72 bits per heavy atom. The molecule has 3 aromatic carbocycles. The first-order chi connectivity index (χ1) is 15.4. The molecule has 1 radical (unpaired) electrons. The van der Waals surface area contributed by atoms with Gasteiger partial charge in [0.15, 0.2) is 6.39 Å². The van der Waals surface area contributed by atoms with E-state index < -0.39 is 5.41 Å². The smallest absolute Gasteiger partial charge is 0.180 e. The zero-order valence-corrected chi connectivity index (χ0v) is 17.8. The van der Waals surface area contributed by atoms with Crippen LogP contribution in [0.3, 0.4) is 0 Å². The van der Waals surface area contributed by atoms with Gasteiger partial charge in [-0.2, -0.15) is 0 Å². The highest BCUT2D eigenvalue weighted by Crippen LogP contribution is 2.47. The normalized spacial score (nSPS) is 11.9. The summed E-state index contributed by atoms with van der Waals surface area (Å²) in [7, 11) is 0. The molecule has 0 spiro atoms. The minimum Gasteiger partial charge on any atom is -0.507 e. The van der Waals surface area contributed by atoms with Crippen molar-refractivity contribution in [2.75, 3.05) is 0 Å². The molecule has 2 aromatic heterocycles. The molecule has 5 aromatic rings. The van der Waals surface area contributed by atoms with E-state index in [4.69, 9.17) is 4.42 Å². The Kier molecular flexibility index (Phi) is 4.63. The van der Waals surface area contributed by atoms with Crippen LogP contribution in [-0.2, 0) is 5.41 Å². The first-order valence-electron chi connectivity index (χ1n) is 10.3. The van der Waals surface area contributed by atoms with Gasteiger partial charge in [-0.15, -0.1) is 0 Å². The van der Waals surface area contributed by atoms with Crippen molar-refractivity contribution in [3.8, 4) is 22.6 Å². The molecule has 0 fully saturated rings. The van der Waals surface area contributed by atoms with E-state index in [-0.39, 0.29) is 11.6 Å². The molecule has 32 heavy (non-hydrogen) atoms. The second-order valence-corrected chi connectivity index (χ2v) is 8.39. The summed E-state index contributed by atoms with van der Waals surface area (Å²) in [4.78, 5) is 4.13. The SMILES string of the molecule is [CH2]c1ccc(-c2c(C(C)(C)c3cnco3)n(-c3ccc(F)cc3)c3cccc(O)c23)cc1. The van der Waals surface area contributed by atoms with E-state index in [1.165, 1.54) is 18.5 Å². The Morgan fingerprint density at radius 3 is 2.38 bits per heavy atom. The number of nitrogens with zero attached hydrogens (tertiary/aromatic N) is 2. The van der Waals surface area contributed by atoms with E-state index in [0.29, 0.717) is 5.76 Å². The number of phenolic OH excluding ortho intramolecular Hbond substituents is 1. The zero-order chi connectivity index (χ0) is 22.5. The number of rotatable bonds is 4. The molecule has 0 aliphatic carbocycles. The number of oxazole rings is 1. The van der Waals surface area contributed by atoms with E-state index in [1.807, 2.05) is 36.4 Å². The number of fused-ring (bicyclic) bond motifs is 1. The van der Waals surface area contributed by atoms with Crippen LogP contribution in [0.1, 0.15) is 30.9 Å². The summed E-state index contributed by atoms with van der Waals surface area (Å²) in [5.41, 5.74) is 4.58. The first kappa shape index (κ1) is 20.1. The standard InChI is InChI=1S/C27H22FN2O2/c1-17-7-9-18(10-8-17)24-25-21(5-4-6-22(25)31)30(20-13-11-19(28)12-14-20)26(24)27(2,3)23-15-29-16-32-23/h4-16,31H,1H2,2-3H3. The van der Waals surface area contributed by atoms with Gasteiger partial charge < -0.3 is 14.1 Å². The lowest BCUT2D eigenvalue weighted by molar-refractivity contribution is 0.419. The van der Waals surface area contributed by atoms with Crippen LogP contribution >= 0.6 is 0 Å². The predicted molar refractivity (Wildman–Crippen MR) is 123 cm³/mol. The Hall–Kier alpha value is -3.86. The molecular weight excluding hydrogens is 403 g/mol. The van der Waals surface area contributed by atoms with Gasteiger partial charge in [0.25, 0.3) is 0 Å². The van der Waals surface area contributed by atoms with Crippen LogP contribution in [0.5, 0.6) is 5.75 Å². The Bertz CT molecular complexity index is 1400. The maximum absolute atomic E-state index is 13.8. The number of aromatic hydroxyl groups is 1. The predicted octanol–water partition coefficient (Wildman–Crippen LogP) is 6.64. The maximum atomic E-state index is 13.8. The highest BCUT2D eigenvalue weighted by atomic mass is 19.1. The molecule has 0 aliphatic heterocycles. The third-order valence-electron chi connectivity index (χ3n) is 5.94. The van der Waals surface area contributed by atoms with Crippen LogP contribution in [0.4, 0.5) is 4.39 Å². The maximum Gasteiger partial charge on any atom is 0.180 e. The molecule has 0 saturated carbocycles. The van der Waals surface area contributed by atoms with E-state index in [2.05, 4.69) is 30.3 Å². The monoisotopic (exact) mass is 425 g/mol. The molecule has 0 saturated heterocycles. The summed E-state index contributed by atoms with van der Waals surface area (Å²) < 4.78 is 21.6. The quantitative estimate of drug-likeness (QED) is 0.351. The number of hydrogen-bond acceptors (Lipinski definition) is 3. The van der Waals surface area contributed by atoms with Crippen LogP contribution in [0.15, 0.2) is 83.7 Å². The minimum absolute atomic E-state index is 0.173. The molecule has 4 nitrogen and oxygen atoms in total. The second kappa shape index (κ2) is 7.38. The van der Waals surface area contributed by atoms with Crippen molar-refractivity contribution in [3.05, 3.63) is 109 Å². The lowest BCUT2D eigenvalue weighted by Gasteiger charge is -2.26. The van der Waals surface area contributed by atoms with E-state index in [1.54, 1.807) is 24.4 Å². The van der Waals surface area contributed by atoms with Crippen molar-refractivity contribution in [2.45, 2.75) is 19.3 Å². The molecule has 0 atom stereocenters. The molecule has 0 aliphatic rings. The van der Waals surface area contributed by atoms with E-state index >= 15 is 0 Å². The summed E-state index contributed by atoms with van der Waals surface area (Å²) in [5.74, 6) is 0.542. The van der Waals surface area contributed by atoms with Crippen molar-refractivity contribution in [1.29, 1.82) is 0 Å². The third kappa shape index (κ3) is 3.09. The first-order valence-corrected chi connectivity index (χ1v) is 10.3. The molecule has 0 amide bonds. The highest BCUT2D eigenvalue weighted by Gasteiger charge is 2.36. The number of benzene rings is 3. The van der Waals surface area contributed by atoms with Crippen molar-refractivity contribution in [1.82, 2.24) is 9.55 Å². The van der Waals surface area contributed by atoms with Gasteiger partial charge in [-0.1, -0.05) is 30.3 Å². The average molecular weight is 425 g/mol. The lowest BCUT2D eigenvalue weighted by Crippen LogP contribution is -2.23. The Morgan fingerprint density at radius 1 is 1.00 bits per heavy atom. The van der Waals surface area contributed by atoms with E-state index in [9.17, 15) is 9.50 Å². The summed E-state index contributed by atoms with van der Waals surface area (Å²) in [6.45, 7) is 8.10. The molecule has 159 valence electrons. The van der Waals surface area contributed by atoms with Crippen LogP contribution in [-0.4, -0.2) is 14.7 Å². The van der Waals surface area contributed by atoms with Gasteiger partial charge in [-0.25, -0.2) is 9.37 Å². The number of phenols is 1. The second-order valence-electron chi connectivity index (χ2n) is 8.39. The average Bonchev–Trinajstić information content (AvgIpc) is 3.43. The van der Waals surface area contributed by atoms with Gasteiger partial charge in [0, 0.05) is 22.3 Å². The van der Waals surface area contributed by atoms with Crippen molar-refractivity contribution in [2.24, 2.45) is 0 Å². The zero-order valence-electron chi connectivity index (χ0n) is 17.8. The molecule has 5 heteroatoms. The summed E-state index contributed by atoms with van der Waals surface area (Å²) in [6, 6.07) is 19.7. The fourth-order valence-electron chi connectivity index (χ4n) is 4.37. The topological polar surface area (TPSA) is 51.2 Å². The summed E-state index contributed by atoms with van der Waals surface area (Å²) in [6.07, 6.45) is 3.12. The molecular formula is C27H22FN2O2. The Labute approximate surface area is 185 Å². The van der Waals surface area contributed by atoms with Crippen LogP contribution in [0.2, 0.25) is 0 Å². The van der Waals surface area contributed by atoms with Crippen molar-refractivity contribution < 1.29 is 13.9 Å². The number of halogens is 1. The summed E-state index contributed by atoms with van der Waals surface area (Å²) in [5, 5.41) is 11.7. The molecule has 0 unspecified atom stereocenters. The van der Waals surface area contributed by atoms with Crippen molar-refractivity contribution in [3.63, 3.8) is 0 Å². The van der Waals surface area contributed by atoms with Crippen LogP contribution in [0, 0.1) is 12.7 Å². The van der Waals surface area contributed by atoms with Crippen LogP contribution in [0.25, 0.3) is 27.7 Å². The van der Waals surface area contributed by atoms with Gasteiger partial charge in [0.05, 0.1) is 17.1 Å². The van der Waals surface area contributed by atoms with Crippen molar-refractivity contribution >= 4 is 10.9 Å². The number of hydrogen-bond donors (Lipinski definition) is 1.